The number of hydrogen-bond acceptors (Lipinski definition) is 4. The van der Waals surface area contributed by atoms with E-state index in [4.69, 9.17) is 4.74 Å². The molecule has 0 radical (unpaired) electrons. The van der Waals surface area contributed by atoms with Gasteiger partial charge in [0, 0.05) is 12.6 Å². The molecule has 0 saturated carbocycles. The van der Waals surface area contributed by atoms with Gasteiger partial charge in [-0.05, 0) is 53.0 Å². The fourth-order valence-corrected chi connectivity index (χ4v) is 2.32. The summed E-state index contributed by atoms with van der Waals surface area (Å²) in [6.07, 6.45) is 0.865. The Bertz CT molecular complexity index is 512. The average Bonchev–Trinajstić information content (AvgIpc) is 2.34. The first-order valence-corrected chi connectivity index (χ1v) is 6.80. The molecule has 0 atom stereocenters. The first-order chi connectivity index (χ1) is 9.31. The minimum Gasteiger partial charge on any atom is -0.508 e. The normalized spacial score (nSPS) is 17.1. The highest BCUT2D eigenvalue weighted by molar-refractivity contribution is 6.02. The number of amides is 1. The zero-order valence-electron chi connectivity index (χ0n) is 12.5. The second-order valence-electron chi connectivity index (χ2n) is 5.88. The maximum absolute atomic E-state index is 12.5. The summed E-state index contributed by atoms with van der Waals surface area (Å²) in [6, 6.07) is 4.86. The molecule has 20 heavy (non-hydrogen) atoms. The summed E-state index contributed by atoms with van der Waals surface area (Å²) in [7, 11) is 4.01. The van der Waals surface area contributed by atoms with Crippen molar-refractivity contribution in [3.63, 3.8) is 0 Å². The fraction of sp³-hybridized carbons (Fsp3) is 0.533. The quantitative estimate of drug-likeness (QED) is 0.913. The van der Waals surface area contributed by atoms with E-state index in [-0.39, 0.29) is 11.7 Å². The van der Waals surface area contributed by atoms with E-state index in [9.17, 15) is 9.90 Å². The number of phenolic OH excluding ortho intramolecular Hbond substituents is 1. The monoisotopic (exact) mass is 278 g/mol. The van der Waals surface area contributed by atoms with Crippen molar-refractivity contribution in [2.75, 3.05) is 32.1 Å². The molecular formula is C15H22N2O3. The van der Waals surface area contributed by atoms with Crippen molar-refractivity contribution in [1.82, 2.24) is 4.90 Å². The highest BCUT2D eigenvalue weighted by Crippen LogP contribution is 2.39. The highest BCUT2D eigenvalue weighted by atomic mass is 16.5. The van der Waals surface area contributed by atoms with Gasteiger partial charge < -0.3 is 19.6 Å². The molecule has 1 heterocycles. The Morgan fingerprint density at radius 1 is 1.35 bits per heavy atom. The smallest absolute Gasteiger partial charge is 0.270 e. The van der Waals surface area contributed by atoms with E-state index < -0.39 is 5.60 Å². The first-order valence-electron chi connectivity index (χ1n) is 6.80. The number of benzene rings is 1. The summed E-state index contributed by atoms with van der Waals surface area (Å²) >= 11 is 0. The number of hydrogen-bond donors (Lipinski definition) is 1. The predicted molar refractivity (Wildman–Crippen MR) is 78.3 cm³/mol. The minimum atomic E-state index is -0.873. The number of carbonyl (C=O) groups excluding carboxylic acids is 1. The van der Waals surface area contributed by atoms with E-state index in [0.29, 0.717) is 18.0 Å². The van der Waals surface area contributed by atoms with Crippen molar-refractivity contribution in [3.8, 4) is 11.5 Å². The minimum absolute atomic E-state index is 0.0747. The first kappa shape index (κ1) is 14.7. The maximum Gasteiger partial charge on any atom is 0.270 e. The molecule has 0 spiro atoms. The van der Waals surface area contributed by atoms with Crippen molar-refractivity contribution in [1.29, 1.82) is 0 Å². The topological polar surface area (TPSA) is 53.0 Å². The van der Waals surface area contributed by atoms with Gasteiger partial charge >= 0.3 is 0 Å². The van der Waals surface area contributed by atoms with Gasteiger partial charge in [0.05, 0.1) is 5.69 Å². The molecule has 1 N–H and O–H groups in total. The number of anilines is 1. The van der Waals surface area contributed by atoms with Crippen LogP contribution in [0.3, 0.4) is 0 Å². The molecule has 1 aliphatic heterocycles. The second kappa shape index (κ2) is 5.32. The molecule has 1 aromatic rings. The zero-order valence-corrected chi connectivity index (χ0v) is 12.5. The second-order valence-corrected chi connectivity index (χ2v) is 5.88. The third-order valence-corrected chi connectivity index (χ3v) is 3.35. The lowest BCUT2D eigenvalue weighted by Crippen LogP contribution is -2.53. The largest absolute Gasteiger partial charge is 0.508 e. The Kier molecular flexibility index (Phi) is 3.90. The SMILES string of the molecule is CN(C)CCCN1C(=O)C(C)(C)Oc2ccc(O)cc21. The molecule has 1 aromatic carbocycles. The lowest BCUT2D eigenvalue weighted by molar-refractivity contribution is -0.132. The summed E-state index contributed by atoms with van der Waals surface area (Å²) in [5, 5.41) is 9.63. The van der Waals surface area contributed by atoms with E-state index >= 15 is 0 Å². The number of rotatable bonds is 4. The van der Waals surface area contributed by atoms with Crippen molar-refractivity contribution in [2.45, 2.75) is 25.9 Å². The molecular weight excluding hydrogens is 256 g/mol. The van der Waals surface area contributed by atoms with E-state index in [0.717, 1.165) is 13.0 Å². The number of ether oxygens (including phenoxy) is 1. The highest BCUT2D eigenvalue weighted by Gasteiger charge is 2.40. The van der Waals surface area contributed by atoms with E-state index in [1.54, 1.807) is 36.9 Å². The van der Waals surface area contributed by atoms with Gasteiger partial charge in [-0.25, -0.2) is 0 Å². The fourth-order valence-electron chi connectivity index (χ4n) is 2.32. The molecule has 0 aromatic heterocycles. The average molecular weight is 278 g/mol. The standard InChI is InChI=1S/C15H22N2O3/c1-15(2)14(19)17(9-5-8-16(3)4)12-10-11(18)6-7-13(12)20-15/h6-7,10,18H,5,8-9H2,1-4H3. The van der Waals surface area contributed by atoms with Gasteiger partial charge in [0.15, 0.2) is 5.60 Å². The van der Waals surface area contributed by atoms with Crippen LogP contribution in [0.4, 0.5) is 5.69 Å². The summed E-state index contributed by atoms with van der Waals surface area (Å²) in [6.45, 7) is 5.05. The van der Waals surface area contributed by atoms with Crippen LogP contribution in [-0.2, 0) is 4.79 Å². The number of fused-ring (bicyclic) bond motifs is 1. The molecule has 0 fully saturated rings. The predicted octanol–water partition coefficient (Wildman–Crippen LogP) is 1.85. The molecule has 1 aliphatic rings. The van der Waals surface area contributed by atoms with E-state index in [1.165, 1.54) is 0 Å². The third-order valence-electron chi connectivity index (χ3n) is 3.35. The molecule has 2 rings (SSSR count). The van der Waals surface area contributed by atoms with Gasteiger partial charge in [-0.1, -0.05) is 0 Å². The van der Waals surface area contributed by atoms with Gasteiger partial charge in [0.25, 0.3) is 5.91 Å². The molecule has 0 saturated heterocycles. The Morgan fingerprint density at radius 3 is 2.70 bits per heavy atom. The van der Waals surface area contributed by atoms with Crippen LogP contribution >= 0.6 is 0 Å². The summed E-state index contributed by atoms with van der Waals surface area (Å²) < 4.78 is 5.73. The number of nitrogens with zero attached hydrogens (tertiary/aromatic N) is 2. The zero-order chi connectivity index (χ0) is 14.9. The van der Waals surface area contributed by atoms with Gasteiger partial charge in [-0.2, -0.15) is 0 Å². The Labute approximate surface area is 119 Å². The maximum atomic E-state index is 12.5. The molecule has 0 aliphatic carbocycles. The molecule has 0 bridgehead atoms. The molecule has 5 nitrogen and oxygen atoms in total. The summed E-state index contributed by atoms with van der Waals surface area (Å²) in [5.41, 5.74) is -0.227. The van der Waals surface area contributed by atoms with Crippen molar-refractivity contribution in [2.24, 2.45) is 0 Å². The van der Waals surface area contributed by atoms with Crippen molar-refractivity contribution in [3.05, 3.63) is 18.2 Å². The molecule has 0 unspecified atom stereocenters. The third kappa shape index (κ3) is 2.88. The Morgan fingerprint density at radius 2 is 2.05 bits per heavy atom. The number of aromatic hydroxyl groups is 1. The Balaban J connectivity index is 2.28. The van der Waals surface area contributed by atoms with Crippen LogP contribution in [0.2, 0.25) is 0 Å². The van der Waals surface area contributed by atoms with Crippen LogP contribution in [0.25, 0.3) is 0 Å². The Hall–Kier alpha value is -1.75. The van der Waals surface area contributed by atoms with E-state index in [2.05, 4.69) is 4.90 Å². The number of phenols is 1. The van der Waals surface area contributed by atoms with Crippen LogP contribution in [-0.4, -0.2) is 48.7 Å². The molecule has 110 valence electrons. The van der Waals surface area contributed by atoms with Crippen molar-refractivity contribution >= 4 is 11.6 Å². The van der Waals surface area contributed by atoms with Crippen LogP contribution in [0.1, 0.15) is 20.3 Å². The van der Waals surface area contributed by atoms with Crippen LogP contribution in [0.15, 0.2) is 18.2 Å². The van der Waals surface area contributed by atoms with Crippen molar-refractivity contribution < 1.29 is 14.6 Å². The molecule has 5 heteroatoms. The van der Waals surface area contributed by atoms with E-state index in [1.807, 2.05) is 14.1 Å². The van der Waals surface area contributed by atoms with Gasteiger partial charge in [0.2, 0.25) is 0 Å². The molecule has 1 amide bonds. The summed E-state index contributed by atoms with van der Waals surface area (Å²) in [4.78, 5) is 16.3. The summed E-state index contributed by atoms with van der Waals surface area (Å²) in [5.74, 6) is 0.698. The van der Waals surface area contributed by atoms with Gasteiger partial charge in [0.1, 0.15) is 11.5 Å². The lowest BCUT2D eigenvalue weighted by Gasteiger charge is -2.39. The lowest BCUT2D eigenvalue weighted by atomic mass is 10.0. The van der Waals surface area contributed by atoms with Gasteiger partial charge in [-0.3, -0.25) is 4.79 Å². The van der Waals surface area contributed by atoms with Crippen LogP contribution in [0.5, 0.6) is 11.5 Å². The van der Waals surface area contributed by atoms with Gasteiger partial charge in [-0.15, -0.1) is 0 Å². The number of carbonyl (C=O) groups is 1. The van der Waals surface area contributed by atoms with Crippen LogP contribution < -0.4 is 9.64 Å². The van der Waals surface area contributed by atoms with Crippen LogP contribution in [0, 0.1) is 0 Å².